The molecule has 0 saturated heterocycles. The molecule has 0 amide bonds. The Morgan fingerprint density at radius 1 is 1.08 bits per heavy atom. The molecule has 0 aliphatic carbocycles. The fourth-order valence-corrected chi connectivity index (χ4v) is 3.03. The van der Waals surface area contributed by atoms with Crippen LogP contribution in [0, 0.1) is 26.8 Å². The summed E-state index contributed by atoms with van der Waals surface area (Å²) < 4.78 is 7.87. The number of aromatic nitrogens is 3. The van der Waals surface area contributed by atoms with Gasteiger partial charge in [0.05, 0.1) is 11.4 Å². The van der Waals surface area contributed by atoms with Gasteiger partial charge in [0.25, 0.3) is 0 Å². The van der Waals surface area contributed by atoms with Crippen LogP contribution in [0.1, 0.15) is 17.0 Å². The van der Waals surface area contributed by atoms with Crippen molar-refractivity contribution in [1.29, 1.82) is 0 Å². The molecular formula is C19H16IrN3O-. The van der Waals surface area contributed by atoms with E-state index in [1.54, 1.807) is 6.20 Å². The molecule has 0 unspecified atom stereocenters. The Kier molecular flexibility index (Phi) is 4.39. The van der Waals surface area contributed by atoms with Gasteiger partial charge >= 0.3 is 0 Å². The Morgan fingerprint density at radius 3 is 2.58 bits per heavy atom. The zero-order valence-corrected chi connectivity index (χ0v) is 16.0. The van der Waals surface area contributed by atoms with Crippen LogP contribution < -0.4 is 0 Å². The van der Waals surface area contributed by atoms with Gasteiger partial charge in [0.1, 0.15) is 0 Å². The van der Waals surface area contributed by atoms with Crippen LogP contribution >= 0.6 is 0 Å². The maximum absolute atomic E-state index is 5.78. The molecule has 0 aliphatic heterocycles. The van der Waals surface area contributed by atoms with Gasteiger partial charge in [-0.05, 0) is 25.0 Å². The first kappa shape index (κ1) is 16.6. The molecule has 2 aromatic carbocycles. The number of rotatable bonds is 2. The predicted molar refractivity (Wildman–Crippen MR) is 89.6 cm³/mol. The Morgan fingerprint density at radius 2 is 1.83 bits per heavy atom. The number of oxazole rings is 1. The van der Waals surface area contributed by atoms with Gasteiger partial charge in [0.15, 0.2) is 5.89 Å². The van der Waals surface area contributed by atoms with E-state index < -0.39 is 0 Å². The van der Waals surface area contributed by atoms with Gasteiger partial charge in [0.2, 0.25) is 0 Å². The molecule has 2 heterocycles. The Balaban J connectivity index is 0.00000169. The predicted octanol–water partition coefficient (Wildman–Crippen LogP) is 4.40. The van der Waals surface area contributed by atoms with Crippen molar-refractivity contribution in [2.75, 3.05) is 0 Å². The summed E-state index contributed by atoms with van der Waals surface area (Å²) in [6.45, 7) is 6.06. The summed E-state index contributed by atoms with van der Waals surface area (Å²) in [4.78, 5) is 8.95. The monoisotopic (exact) mass is 495 g/mol. The summed E-state index contributed by atoms with van der Waals surface area (Å²) in [5, 5.41) is 0. The number of benzene rings is 2. The van der Waals surface area contributed by atoms with Crippen LogP contribution in [0.3, 0.4) is 0 Å². The summed E-state index contributed by atoms with van der Waals surface area (Å²) >= 11 is 0. The molecular weight excluding hydrogens is 478 g/mol. The van der Waals surface area contributed by atoms with Crippen LogP contribution in [0.4, 0.5) is 0 Å². The fraction of sp³-hybridized carbons (Fsp3) is 0.158. The van der Waals surface area contributed by atoms with Crippen molar-refractivity contribution >= 4 is 11.1 Å². The van der Waals surface area contributed by atoms with Crippen molar-refractivity contribution in [3.63, 3.8) is 0 Å². The fourth-order valence-electron chi connectivity index (χ4n) is 3.03. The Labute approximate surface area is 153 Å². The molecule has 0 fully saturated rings. The van der Waals surface area contributed by atoms with E-state index in [1.165, 1.54) is 11.1 Å². The number of hydrogen-bond acceptors (Lipinski definition) is 3. The van der Waals surface area contributed by atoms with E-state index in [1.807, 2.05) is 25.3 Å². The SMILES string of the molecule is Cc1nc2cc[c-]c(-c3nccn3-c3c(C)cccc3C)c2o1.[Ir]. The molecule has 0 bridgehead atoms. The summed E-state index contributed by atoms with van der Waals surface area (Å²) in [6.07, 6.45) is 3.78. The van der Waals surface area contributed by atoms with Gasteiger partial charge in [0, 0.05) is 50.6 Å². The normalized spacial score (nSPS) is 10.8. The van der Waals surface area contributed by atoms with Crippen LogP contribution in [0.15, 0.2) is 47.1 Å². The quantitative estimate of drug-likeness (QED) is 0.388. The largest absolute Gasteiger partial charge is 0.488 e. The van der Waals surface area contributed by atoms with E-state index in [4.69, 9.17) is 4.42 Å². The number of para-hydroxylation sites is 1. The first-order valence-electron chi connectivity index (χ1n) is 7.53. The van der Waals surface area contributed by atoms with Crippen molar-refractivity contribution in [2.24, 2.45) is 0 Å². The van der Waals surface area contributed by atoms with Gasteiger partial charge in [-0.3, -0.25) is 4.98 Å². The first-order chi connectivity index (χ1) is 11.1. The number of imidazole rings is 1. The third kappa shape index (κ3) is 2.60. The summed E-state index contributed by atoms with van der Waals surface area (Å²) in [7, 11) is 0. The molecule has 4 rings (SSSR count). The van der Waals surface area contributed by atoms with E-state index in [0.29, 0.717) is 5.89 Å². The minimum absolute atomic E-state index is 0. The van der Waals surface area contributed by atoms with Gasteiger partial charge in [-0.25, -0.2) is 4.98 Å². The molecule has 0 N–H and O–H groups in total. The Hall–Kier alpha value is -2.23. The van der Waals surface area contributed by atoms with E-state index in [2.05, 4.69) is 52.6 Å². The van der Waals surface area contributed by atoms with Crippen LogP contribution in [0.25, 0.3) is 28.2 Å². The maximum Gasteiger partial charge on any atom is 0.180 e. The minimum Gasteiger partial charge on any atom is -0.488 e. The van der Waals surface area contributed by atoms with Crippen molar-refractivity contribution in [3.05, 3.63) is 65.8 Å². The van der Waals surface area contributed by atoms with Crippen LogP contribution in [-0.2, 0) is 20.1 Å². The molecule has 24 heavy (non-hydrogen) atoms. The van der Waals surface area contributed by atoms with E-state index >= 15 is 0 Å². The van der Waals surface area contributed by atoms with Crippen LogP contribution in [-0.4, -0.2) is 14.5 Å². The van der Waals surface area contributed by atoms with E-state index in [-0.39, 0.29) is 20.1 Å². The van der Waals surface area contributed by atoms with E-state index in [9.17, 15) is 0 Å². The zero-order chi connectivity index (χ0) is 16.0. The molecule has 0 spiro atoms. The topological polar surface area (TPSA) is 43.9 Å². The maximum atomic E-state index is 5.78. The summed E-state index contributed by atoms with van der Waals surface area (Å²) in [5.74, 6) is 1.45. The summed E-state index contributed by atoms with van der Waals surface area (Å²) in [6, 6.07) is 13.3. The van der Waals surface area contributed by atoms with Crippen molar-refractivity contribution in [1.82, 2.24) is 14.5 Å². The van der Waals surface area contributed by atoms with Crippen LogP contribution in [0.5, 0.6) is 0 Å². The third-order valence-electron chi connectivity index (χ3n) is 4.00. The second-order valence-corrected chi connectivity index (χ2v) is 5.66. The van der Waals surface area contributed by atoms with Crippen molar-refractivity contribution in [3.8, 4) is 17.1 Å². The smallest absolute Gasteiger partial charge is 0.180 e. The summed E-state index contributed by atoms with van der Waals surface area (Å²) in [5.41, 5.74) is 5.92. The average molecular weight is 495 g/mol. The molecule has 123 valence electrons. The van der Waals surface area contributed by atoms with Gasteiger partial charge in [-0.15, -0.1) is 18.2 Å². The molecule has 1 radical (unpaired) electrons. The van der Waals surface area contributed by atoms with E-state index in [0.717, 1.165) is 28.2 Å². The molecule has 5 heteroatoms. The molecule has 0 aliphatic rings. The van der Waals surface area contributed by atoms with Crippen molar-refractivity contribution in [2.45, 2.75) is 20.8 Å². The number of nitrogens with zero attached hydrogens (tertiary/aromatic N) is 3. The zero-order valence-electron chi connectivity index (χ0n) is 13.6. The van der Waals surface area contributed by atoms with Crippen LogP contribution in [0.2, 0.25) is 0 Å². The number of aryl methyl sites for hydroxylation is 3. The van der Waals surface area contributed by atoms with Gasteiger partial charge < -0.3 is 8.98 Å². The second kappa shape index (κ2) is 6.34. The Bertz CT molecular complexity index is 996. The molecule has 4 nitrogen and oxygen atoms in total. The second-order valence-electron chi connectivity index (χ2n) is 5.66. The van der Waals surface area contributed by atoms with Gasteiger partial charge in [-0.1, -0.05) is 23.8 Å². The number of fused-ring (bicyclic) bond motifs is 1. The minimum atomic E-state index is 0. The standard InChI is InChI=1S/C19H16N3O.Ir/c1-12-6-4-7-13(2)17(12)22-11-10-20-19(22)15-8-5-9-16-18(15)23-14(3)21-16;/h4-7,9-11H,1-3H3;/q-1;. The number of hydrogen-bond donors (Lipinski definition) is 0. The van der Waals surface area contributed by atoms with Crippen molar-refractivity contribution < 1.29 is 24.5 Å². The van der Waals surface area contributed by atoms with Gasteiger partial charge in [-0.2, -0.15) is 0 Å². The molecule has 4 aromatic rings. The average Bonchev–Trinajstić information content (AvgIpc) is 3.12. The molecule has 0 saturated carbocycles. The molecule has 0 atom stereocenters. The molecule has 2 aromatic heterocycles. The first-order valence-corrected chi connectivity index (χ1v) is 7.53. The third-order valence-corrected chi connectivity index (χ3v) is 4.00.